The quantitative estimate of drug-likeness (QED) is 0.734. The highest BCUT2D eigenvalue weighted by atomic mass is 19.4. The number of dihydropyridines is 1. The Morgan fingerprint density at radius 2 is 1.97 bits per heavy atom. The predicted octanol–water partition coefficient (Wildman–Crippen LogP) is 2.61. The van der Waals surface area contributed by atoms with Gasteiger partial charge in [-0.25, -0.2) is 19.9 Å². The minimum absolute atomic E-state index is 0.0250. The van der Waals surface area contributed by atoms with E-state index < -0.39 is 11.9 Å². The van der Waals surface area contributed by atoms with Crippen LogP contribution in [0.4, 0.5) is 13.2 Å². The van der Waals surface area contributed by atoms with Gasteiger partial charge in [-0.1, -0.05) is 5.57 Å². The number of hydrogen-bond donors (Lipinski definition) is 1. The highest BCUT2D eigenvalue weighted by Gasteiger charge is 2.76. The second-order valence-electron chi connectivity index (χ2n) is 9.34. The maximum absolute atomic E-state index is 13.8. The number of nitrogens with zero attached hydrogens (tertiary/aromatic N) is 5. The molecule has 176 valence electrons. The summed E-state index contributed by atoms with van der Waals surface area (Å²) in [5.41, 5.74) is 1.08. The third-order valence-electron chi connectivity index (χ3n) is 7.23. The van der Waals surface area contributed by atoms with E-state index in [1.165, 1.54) is 0 Å². The first-order valence-corrected chi connectivity index (χ1v) is 11.1. The van der Waals surface area contributed by atoms with E-state index in [0.717, 1.165) is 24.6 Å². The first-order chi connectivity index (χ1) is 16.3. The van der Waals surface area contributed by atoms with Gasteiger partial charge in [0.05, 0.1) is 29.7 Å². The van der Waals surface area contributed by atoms with Crippen LogP contribution in [0.5, 0.6) is 5.88 Å². The largest absolute Gasteiger partial charge is 0.471 e. The van der Waals surface area contributed by atoms with Crippen molar-refractivity contribution in [2.45, 2.75) is 38.1 Å². The minimum Gasteiger partial charge on any atom is -0.471 e. The van der Waals surface area contributed by atoms with Gasteiger partial charge in [-0.05, 0) is 37.8 Å². The Kier molecular flexibility index (Phi) is 4.49. The van der Waals surface area contributed by atoms with Gasteiger partial charge in [0.1, 0.15) is 6.10 Å². The van der Waals surface area contributed by atoms with Gasteiger partial charge in [-0.2, -0.15) is 13.2 Å². The highest BCUT2D eigenvalue weighted by Crippen LogP contribution is 2.71. The highest BCUT2D eigenvalue weighted by molar-refractivity contribution is 6.04. The summed E-state index contributed by atoms with van der Waals surface area (Å²) in [6.07, 6.45) is 3.66. The molecule has 6 rings (SSSR count). The zero-order valence-electron chi connectivity index (χ0n) is 18.2. The summed E-state index contributed by atoms with van der Waals surface area (Å²) in [6.45, 7) is 3.17. The maximum atomic E-state index is 13.8. The van der Waals surface area contributed by atoms with Crippen LogP contribution >= 0.6 is 0 Å². The van der Waals surface area contributed by atoms with E-state index in [-0.39, 0.29) is 29.3 Å². The van der Waals surface area contributed by atoms with E-state index in [2.05, 4.69) is 25.3 Å². The third-order valence-corrected chi connectivity index (χ3v) is 7.23. The number of carbonyl (C=O) groups excluding carboxylic acids is 1. The van der Waals surface area contributed by atoms with Crippen LogP contribution in [0.2, 0.25) is 0 Å². The Morgan fingerprint density at radius 3 is 2.68 bits per heavy atom. The van der Waals surface area contributed by atoms with Crippen molar-refractivity contribution in [2.24, 2.45) is 11.3 Å². The fraction of sp³-hybridized carbons (Fsp3) is 0.435. The van der Waals surface area contributed by atoms with Crippen LogP contribution in [0, 0.1) is 11.3 Å². The fourth-order valence-corrected chi connectivity index (χ4v) is 5.57. The molecule has 4 aliphatic rings. The van der Waals surface area contributed by atoms with Crippen molar-refractivity contribution in [2.75, 3.05) is 13.1 Å². The molecule has 1 saturated heterocycles. The number of piperidine rings is 1. The van der Waals surface area contributed by atoms with E-state index in [9.17, 15) is 18.0 Å². The lowest BCUT2D eigenvalue weighted by molar-refractivity contribution is -0.142. The molecule has 1 spiro atoms. The van der Waals surface area contributed by atoms with Gasteiger partial charge in [0, 0.05) is 30.9 Å². The number of aromatic nitrogens is 4. The number of ether oxygens (including phenoxy) is 1. The summed E-state index contributed by atoms with van der Waals surface area (Å²) in [4.78, 5) is 31.4. The standard InChI is InChI=1S/C23H21F3N6O2/c1-12-5-14(18(31-8-12)20-27-3-2-4-28-20)21(33)32-11-13-6-22(13)7-15(19(22)32)34-17-10-29-16(9-30-17)23(24,25)26/h2-5,9-10,13,15,19,31H,6-8,11H2,1H3. The van der Waals surface area contributed by atoms with Crippen molar-refractivity contribution in [3.8, 4) is 5.88 Å². The Morgan fingerprint density at radius 1 is 1.18 bits per heavy atom. The zero-order valence-corrected chi connectivity index (χ0v) is 18.2. The molecule has 2 aromatic rings. The van der Waals surface area contributed by atoms with Crippen molar-refractivity contribution in [3.63, 3.8) is 0 Å². The van der Waals surface area contributed by atoms with Gasteiger partial charge in [-0.15, -0.1) is 0 Å². The lowest BCUT2D eigenvalue weighted by Gasteiger charge is -2.47. The molecular weight excluding hydrogens is 449 g/mol. The number of halogens is 3. The van der Waals surface area contributed by atoms with Crippen LogP contribution in [0.1, 0.15) is 31.3 Å². The molecular formula is C23H21F3N6O2. The molecule has 4 atom stereocenters. The van der Waals surface area contributed by atoms with Crippen LogP contribution in [0.3, 0.4) is 0 Å². The van der Waals surface area contributed by atoms with Gasteiger partial charge < -0.3 is 15.0 Å². The molecule has 0 bridgehead atoms. The van der Waals surface area contributed by atoms with Gasteiger partial charge in [0.15, 0.2) is 11.5 Å². The summed E-state index contributed by atoms with van der Waals surface area (Å²) in [5, 5.41) is 3.27. The lowest BCUT2D eigenvalue weighted by Crippen LogP contribution is -2.59. The van der Waals surface area contributed by atoms with E-state index in [1.54, 1.807) is 18.5 Å². The molecule has 2 aliphatic heterocycles. The monoisotopic (exact) mass is 470 g/mol. The summed E-state index contributed by atoms with van der Waals surface area (Å²) in [6, 6.07) is 1.56. The van der Waals surface area contributed by atoms with Gasteiger partial charge in [-0.3, -0.25) is 4.79 Å². The van der Waals surface area contributed by atoms with E-state index in [1.807, 2.05) is 17.9 Å². The maximum Gasteiger partial charge on any atom is 0.434 e. The number of likely N-dealkylation sites (tertiary alicyclic amines) is 1. The first-order valence-electron chi connectivity index (χ1n) is 11.1. The number of nitrogens with one attached hydrogen (secondary N) is 1. The van der Waals surface area contributed by atoms with Crippen molar-refractivity contribution in [3.05, 3.63) is 59.6 Å². The van der Waals surface area contributed by atoms with Gasteiger partial charge in [0.2, 0.25) is 5.88 Å². The van der Waals surface area contributed by atoms with Crippen molar-refractivity contribution >= 4 is 11.6 Å². The minimum atomic E-state index is -4.56. The van der Waals surface area contributed by atoms with Crippen LogP contribution in [-0.4, -0.2) is 56.0 Å². The van der Waals surface area contributed by atoms with E-state index in [4.69, 9.17) is 4.74 Å². The molecule has 34 heavy (non-hydrogen) atoms. The summed E-state index contributed by atoms with van der Waals surface area (Å²) in [5.74, 6) is 0.767. The Balaban J connectivity index is 1.26. The molecule has 2 saturated carbocycles. The number of alkyl halides is 3. The van der Waals surface area contributed by atoms with E-state index >= 15 is 0 Å². The molecule has 4 unspecified atom stereocenters. The molecule has 4 heterocycles. The number of rotatable bonds is 4. The van der Waals surface area contributed by atoms with Crippen LogP contribution in [0.15, 0.2) is 48.1 Å². The van der Waals surface area contributed by atoms with Gasteiger partial charge in [0.25, 0.3) is 5.91 Å². The molecule has 8 nitrogen and oxygen atoms in total. The van der Waals surface area contributed by atoms with Crippen molar-refractivity contribution < 1.29 is 22.7 Å². The summed E-state index contributed by atoms with van der Waals surface area (Å²) in [7, 11) is 0. The average molecular weight is 470 g/mol. The number of amides is 1. The van der Waals surface area contributed by atoms with Crippen LogP contribution < -0.4 is 10.1 Å². The summed E-state index contributed by atoms with van der Waals surface area (Å²) < 4.78 is 44.3. The van der Waals surface area contributed by atoms with Gasteiger partial charge >= 0.3 is 6.18 Å². The van der Waals surface area contributed by atoms with Crippen molar-refractivity contribution in [1.82, 2.24) is 30.2 Å². The first kappa shape index (κ1) is 21.1. The smallest absolute Gasteiger partial charge is 0.434 e. The fourth-order valence-electron chi connectivity index (χ4n) is 5.57. The summed E-state index contributed by atoms with van der Waals surface area (Å²) >= 11 is 0. The topological polar surface area (TPSA) is 93.1 Å². The molecule has 2 aliphatic carbocycles. The molecule has 2 aromatic heterocycles. The predicted molar refractivity (Wildman–Crippen MR) is 113 cm³/mol. The molecule has 0 aromatic carbocycles. The normalized spacial score (nSPS) is 29.5. The van der Waals surface area contributed by atoms with Crippen LogP contribution in [0.25, 0.3) is 5.70 Å². The molecule has 3 fully saturated rings. The van der Waals surface area contributed by atoms with E-state index in [0.29, 0.717) is 42.3 Å². The Bertz CT molecular complexity index is 1210. The lowest BCUT2D eigenvalue weighted by atomic mass is 9.73. The molecule has 11 heteroatoms. The number of carbonyl (C=O) groups is 1. The molecule has 0 radical (unpaired) electrons. The van der Waals surface area contributed by atoms with Crippen molar-refractivity contribution in [1.29, 1.82) is 0 Å². The van der Waals surface area contributed by atoms with Crippen LogP contribution in [-0.2, 0) is 11.0 Å². The second kappa shape index (κ2) is 7.25. The Hall–Kier alpha value is -3.50. The second-order valence-corrected chi connectivity index (χ2v) is 9.34. The average Bonchev–Trinajstić information content (AvgIpc) is 3.47. The third kappa shape index (κ3) is 3.24. The SMILES string of the molecule is CC1=CC(C(=O)N2CC3CC34CC(Oc3cnc(C(F)(F)F)cn3)C24)=C(c2ncccn2)NC1. The number of hydrogen-bond acceptors (Lipinski definition) is 7. The zero-order chi connectivity index (χ0) is 23.7. The Labute approximate surface area is 193 Å². The molecule has 1 N–H and O–H groups in total. The molecule has 1 amide bonds.